The Balaban J connectivity index is 1.18. The maximum atomic E-state index is 12.9. The molecule has 7 rings (SSSR count). The van der Waals surface area contributed by atoms with Crippen LogP contribution in [0.4, 0.5) is 10.6 Å². The lowest BCUT2D eigenvalue weighted by atomic mass is 9.90. The number of piperidine rings is 2. The van der Waals surface area contributed by atoms with Crippen LogP contribution in [0.2, 0.25) is 0 Å². The van der Waals surface area contributed by atoms with Gasteiger partial charge in [0.1, 0.15) is 11.4 Å². The van der Waals surface area contributed by atoms with Gasteiger partial charge in [-0.1, -0.05) is 0 Å². The standard InChI is InChI=1S/C27H42N6O4/c1-26(2,3)37-25(34)33-16-19-4-5-20(33)15-32(19)23-21-6-9-28-14-22(21)29-24(30-23)36-18-27(7-8-27)17-31-10-12-35-13-11-31/h19-20,28H,4-18H2,1-3H3/t19?,20-/m0/s1. The van der Waals surface area contributed by atoms with Crippen molar-refractivity contribution in [1.82, 2.24) is 25.1 Å². The predicted molar refractivity (Wildman–Crippen MR) is 139 cm³/mol. The Hall–Kier alpha value is -2.17. The molecule has 5 aliphatic heterocycles. The average Bonchev–Trinajstić information content (AvgIpc) is 3.66. The summed E-state index contributed by atoms with van der Waals surface area (Å²) in [5.74, 6) is 1.01. The van der Waals surface area contributed by atoms with Crippen LogP contribution in [-0.2, 0) is 22.4 Å². The van der Waals surface area contributed by atoms with Gasteiger partial charge in [-0.3, -0.25) is 4.90 Å². The second kappa shape index (κ2) is 9.85. The van der Waals surface area contributed by atoms with E-state index in [-0.39, 0.29) is 23.6 Å². The fourth-order valence-electron chi connectivity index (χ4n) is 6.23. The highest BCUT2D eigenvalue weighted by Gasteiger charge is 2.46. The summed E-state index contributed by atoms with van der Waals surface area (Å²) in [7, 11) is 0. The van der Waals surface area contributed by atoms with E-state index < -0.39 is 5.60 Å². The zero-order chi connectivity index (χ0) is 25.6. The number of hydrogen-bond donors (Lipinski definition) is 1. The maximum Gasteiger partial charge on any atom is 0.410 e. The number of carbonyl (C=O) groups excluding carboxylic acids is 1. The summed E-state index contributed by atoms with van der Waals surface area (Å²) in [6.45, 7) is 14.3. The first-order valence-electron chi connectivity index (χ1n) is 14.1. The van der Waals surface area contributed by atoms with Crippen LogP contribution in [-0.4, -0.2) is 103 Å². The van der Waals surface area contributed by atoms with E-state index in [1.165, 1.54) is 18.4 Å². The van der Waals surface area contributed by atoms with Gasteiger partial charge in [-0.15, -0.1) is 0 Å². The van der Waals surface area contributed by atoms with Gasteiger partial charge in [0.25, 0.3) is 0 Å². The minimum absolute atomic E-state index is 0.139. The van der Waals surface area contributed by atoms with Crippen LogP contribution in [0.1, 0.15) is 57.7 Å². The Morgan fingerprint density at radius 2 is 1.92 bits per heavy atom. The quantitative estimate of drug-likeness (QED) is 0.613. The predicted octanol–water partition coefficient (Wildman–Crippen LogP) is 2.20. The Morgan fingerprint density at radius 1 is 1.14 bits per heavy atom. The van der Waals surface area contributed by atoms with Crippen LogP contribution in [0.25, 0.3) is 0 Å². The number of aromatic nitrogens is 2. The summed E-state index contributed by atoms with van der Waals surface area (Å²) in [5.41, 5.74) is 2.01. The molecule has 6 heterocycles. The van der Waals surface area contributed by atoms with E-state index in [0.717, 1.165) is 83.3 Å². The molecule has 1 saturated carbocycles. The van der Waals surface area contributed by atoms with E-state index in [0.29, 0.717) is 19.2 Å². The van der Waals surface area contributed by atoms with Crippen LogP contribution in [0.3, 0.4) is 0 Å². The lowest BCUT2D eigenvalue weighted by Gasteiger charge is -2.52. The largest absolute Gasteiger partial charge is 0.463 e. The molecule has 1 N–H and O–H groups in total. The number of carbonyl (C=O) groups is 1. The van der Waals surface area contributed by atoms with Gasteiger partial charge >= 0.3 is 12.1 Å². The van der Waals surface area contributed by atoms with Gasteiger partial charge in [-0.2, -0.15) is 9.97 Å². The van der Waals surface area contributed by atoms with E-state index in [9.17, 15) is 4.79 Å². The maximum absolute atomic E-state index is 12.9. The minimum Gasteiger partial charge on any atom is -0.463 e. The number of hydrogen-bond acceptors (Lipinski definition) is 9. The number of ether oxygens (including phenoxy) is 3. The van der Waals surface area contributed by atoms with Gasteiger partial charge in [0.15, 0.2) is 0 Å². The molecule has 0 spiro atoms. The third kappa shape index (κ3) is 5.52. The average molecular weight is 515 g/mol. The SMILES string of the molecule is CC(C)(C)OC(=O)N1CC2CC[C@H]1CN2c1nc(OCC2(CN3CCOCC3)CC2)nc2c1CCNC2. The lowest BCUT2D eigenvalue weighted by molar-refractivity contribution is 0.000730. The Morgan fingerprint density at radius 3 is 2.62 bits per heavy atom. The van der Waals surface area contributed by atoms with E-state index in [1.807, 2.05) is 25.7 Å². The highest BCUT2D eigenvalue weighted by Crippen LogP contribution is 2.46. The van der Waals surface area contributed by atoms with Gasteiger partial charge < -0.3 is 29.3 Å². The molecular formula is C27H42N6O4. The monoisotopic (exact) mass is 514 g/mol. The second-order valence-corrected chi connectivity index (χ2v) is 12.5. The number of nitrogens with zero attached hydrogens (tertiary/aromatic N) is 5. The molecule has 0 radical (unpaired) electrons. The normalized spacial score (nSPS) is 27.1. The molecule has 4 saturated heterocycles. The Kier molecular flexibility index (Phi) is 6.69. The van der Waals surface area contributed by atoms with Gasteiger partial charge in [-0.25, -0.2) is 4.79 Å². The van der Waals surface area contributed by atoms with Crippen molar-refractivity contribution in [2.75, 3.05) is 64.0 Å². The summed E-state index contributed by atoms with van der Waals surface area (Å²) in [4.78, 5) is 29.6. The molecule has 10 heteroatoms. The molecule has 1 amide bonds. The molecule has 0 aromatic carbocycles. The molecule has 2 bridgehead atoms. The molecule has 37 heavy (non-hydrogen) atoms. The molecule has 10 nitrogen and oxygen atoms in total. The number of piperazine rings is 1. The number of nitrogens with one attached hydrogen (secondary N) is 1. The number of morpholine rings is 1. The van der Waals surface area contributed by atoms with Crippen LogP contribution in [0.5, 0.6) is 6.01 Å². The first kappa shape index (κ1) is 25.1. The van der Waals surface area contributed by atoms with Crippen LogP contribution in [0.15, 0.2) is 0 Å². The molecule has 1 aliphatic carbocycles. The van der Waals surface area contributed by atoms with Gasteiger partial charge in [0.05, 0.1) is 31.6 Å². The molecule has 1 unspecified atom stereocenters. The highest BCUT2D eigenvalue weighted by molar-refractivity contribution is 5.70. The summed E-state index contributed by atoms with van der Waals surface area (Å²) in [6.07, 6.45) is 5.16. The summed E-state index contributed by atoms with van der Waals surface area (Å²) < 4.78 is 17.6. The number of anilines is 1. The van der Waals surface area contributed by atoms with E-state index in [1.54, 1.807) is 0 Å². The first-order chi connectivity index (χ1) is 17.8. The van der Waals surface area contributed by atoms with E-state index >= 15 is 0 Å². The smallest absolute Gasteiger partial charge is 0.410 e. The minimum atomic E-state index is -0.487. The van der Waals surface area contributed by atoms with Crippen molar-refractivity contribution >= 4 is 11.9 Å². The second-order valence-electron chi connectivity index (χ2n) is 12.5. The Bertz CT molecular complexity index is 1000. The zero-order valence-electron chi connectivity index (χ0n) is 22.6. The van der Waals surface area contributed by atoms with Crippen LogP contribution in [0, 0.1) is 5.41 Å². The summed E-state index contributed by atoms with van der Waals surface area (Å²) in [6, 6.07) is 0.867. The zero-order valence-corrected chi connectivity index (χ0v) is 22.6. The molecule has 204 valence electrons. The van der Waals surface area contributed by atoms with Crippen molar-refractivity contribution in [3.8, 4) is 6.01 Å². The van der Waals surface area contributed by atoms with Crippen LogP contribution >= 0.6 is 0 Å². The van der Waals surface area contributed by atoms with Crippen molar-refractivity contribution in [3.05, 3.63) is 11.3 Å². The van der Waals surface area contributed by atoms with Gasteiger partial charge in [-0.05, 0) is 59.4 Å². The number of amides is 1. The van der Waals surface area contributed by atoms with Gasteiger partial charge in [0.2, 0.25) is 0 Å². The molecular weight excluding hydrogens is 472 g/mol. The van der Waals surface area contributed by atoms with Gasteiger partial charge in [0, 0.05) is 56.3 Å². The molecule has 1 aromatic heterocycles. The third-order valence-electron chi connectivity index (χ3n) is 8.45. The number of rotatable bonds is 6. The molecule has 2 atom stereocenters. The third-order valence-corrected chi connectivity index (χ3v) is 8.45. The van der Waals surface area contributed by atoms with Crippen molar-refractivity contribution < 1.29 is 19.0 Å². The van der Waals surface area contributed by atoms with Crippen molar-refractivity contribution in [3.63, 3.8) is 0 Å². The molecule has 5 fully saturated rings. The number of fused-ring (bicyclic) bond motifs is 4. The van der Waals surface area contributed by atoms with Crippen molar-refractivity contribution in [2.45, 2.75) is 77.1 Å². The highest BCUT2D eigenvalue weighted by atomic mass is 16.6. The topological polar surface area (TPSA) is 92.3 Å². The molecule has 1 aromatic rings. The lowest BCUT2D eigenvalue weighted by Crippen LogP contribution is -2.65. The summed E-state index contributed by atoms with van der Waals surface area (Å²) in [5, 5.41) is 3.46. The van der Waals surface area contributed by atoms with Crippen LogP contribution < -0.4 is 15.0 Å². The Labute approximate surface area is 220 Å². The molecule has 6 aliphatic rings. The van der Waals surface area contributed by atoms with E-state index in [2.05, 4.69) is 15.1 Å². The van der Waals surface area contributed by atoms with E-state index in [4.69, 9.17) is 24.2 Å². The first-order valence-corrected chi connectivity index (χ1v) is 14.1. The summed E-state index contributed by atoms with van der Waals surface area (Å²) >= 11 is 0. The fourth-order valence-corrected chi connectivity index (χ4v) is 6.23. The fraction of sp³-hybridized carbons (Fsp3) is 0.815. The van der Waals surface area contributed by atoms with Crippen molar-refractivity contribution in [2.24, 2.45) is 5.41 Å². The van der Waals surface area contributed by atoms with Crippen molar-refractivity contribution in [1.29, 1.82) is 0 Å².